The van der Waals surface area contributed by atoms with Crippen LogP contribution in [0.2, 0.25) is 0 Å². The monoisotopic (exact) mass is 301 g/mol. The molecule has 0 heterocycles. The summed E-state index contributed by atoms with van der Waals surface area (Å²) in [6, 6.07) is 3.38. The standard InChI is InChI=1S/C14H20FNO3S/c1-14(6-2-3-7-14)10-16-20(18,19)13-8-12(15)5-4-11(13)9-17/h4-5,8,16-17H,2-3,6-7,9-10H2,1H3. The van der Waals surface area contributed by atoms with Gasteiger partial charge in [0.2, 0.25) is 10.0 Å². The number of hydrogen-bond acceptors (Lipinski definition) is 3. The number of aliphatic hydroxyl groups is 1. The fourth-order valence-corrected chi connectivity index (χ4v) is 4.10. The van der Waals surface area contributed by atoms with E-state index in [9.17, 15) is 17.9 Å². The van der Waals surface area contributed by atoms with Crippen LogP contribution in [0, 0.1) is 11.2 Å². The molecule has 1 fully saturated rings. The zero-order valence-electron chi connectivity index (χ0n) is 11.5. The molecule has 0 radical (unpaired) electrons. The van der Waals surface area contributed by atoms with Gasteiger partial charge in [-0.1, -0.05) is 25.8 Å². The molecule has 2 N–H and O–H groups in total. The first-order chi connectivity index (χ1) is 9.36. The van der Waals surface area contributed by atoms with Gasteiger partial charge in [-0.15, -0.1) is 0 Å². The maximum atomic E-state index is 13.3. The van der Waals surface area contributed by atoms with E-state index in [1.807, 2.05) is 0 Å². The van der Waals surface area contributed by atoms with Gasteiger partial charge in [0.15, 0.2) is 0 Å². The lowest BCUT2D eigenvalue weighted by atomic mass is 9.89. The SMILES string of the molecule is CC1(CNS(=O)(=O)c2cc(F)ccc2CO)CCCC1. The van der Waals surface area contributed by atoms with E-state index in [4.69, 9.17) is 0 Å². The Labute approximate surface area is 119 Å². The third kappa shape index (κ3) is 3.37. The number of benzene rings is 1. The number of rotatable bonds is 5. The van der Waals surface area contributed by atoms with Crippen molar-refractivity contribution in [1.82, 2.24) is 4.72 Å². The molecular weight excluding hydrogens is 281 g/mol. The van der Waals surface area contributed by atoms with Crippen LogP contribution in [0.5, 0.6) is 0 Å². The van der Waals surface area contributed by atoms with E-state index in [-0.39, 0.29) is 15.9 Å². The molecule has 1 aliphatic rings. The van der Waals surface area contributed by atoms with Crippen LogP contribution in [-0.2, 0) is 16.6 Å². The van der Waals surface area contributed by atoms with Crippen LogP contribution >= 0.6 is 0 Å². The van der Waals surface area contributed by atoms with Crippen LogP contribution in [-0.4, -0.2) is 20.1 Å². The van der Waals surface area contributed by atoms with Gasteiger partial charge in [0.1, 0.15) is 5.82 Å². The third-order valence-corrected chi connectivity index (χ3v) is 5.47. The Hall–Kier alpha value is -0.980. The summed E-state index contributed by atoms with van der Waals surface area (Å²) in [5, 5.41) is 9.19. The van der Waals surface area contributed by atoms with Gasteiger partial charge in [-0.25, -0.2) is 17.5 Å². The predicted octanol–water partition coefficient (Wildman–Crippen LogP) is 2.18. The predicted molar refractivity (Wildman–Crippen MR) is 74.1 cm³/mol. The summed E-state index contributed by atoms with van der Waals surface area (Å²) < 4.78 is 40.4. The number of aliphatic hydroxyl groups excluding tert-OH is 1. The van der Waals surface area contributed by atoms with Crippen molar-refractivity contribution in [3.8, 4) is 0 Å². The maximum absolute atomic E-state index is 13.3. The summed E-state index contributed by atoms with van der Waals surface area (Å²) in [4.78, 5) is -0.179. The Bertz CT molecular complexity index is 580. The Morgan fingerprint density at radius 1 is 1.35 bits per heavy atom. The summed E-state index contributed by atoms with van der Waals surface area (Å²) in [6.45, 7) is 1.96. The molecule has 112 valence electrons. The zero-order valence-corrected chi connectivity index (χ0v) is 12.3. The van der Waals surface area contributed by atoms with Gasteiger partial charge < -0.3 is 5.11 Å². The highest BCUT2D eigenvalue weighted by molar-refractivity contribution is 7.89. The first kappa shape index (κ1) is 15.4. The Morgan fingerprint density at radius 3 is 2.60 bits per heavy atom. The summed E-state index contributed by atoms with van der Waals surface area (Å²) in [6.07, 6.45) is 4.21. The van der Waals surface area contributed by atoms with Gasteiger partial charge in [-0.3, -0.25) is 0 Å². The second kappa shape index (κ2) is 5.79. The van der Waals surface area contributed by atoms with Crippen LogP contribution in [0.4, 0.5) is 4.39 Å². The van der Waals surface area contributed by atoms with Crippen molar-refractivity contribution in [2.24, 2.45) is 5.41 Å². The van der Waals surface area contributed by atoms with Crippen LogP contribution < -0.4 is 4.72 Å². The summed E-state index contributed by atoms with van der Waals surface area (Å²) in [5.41, 5.74) is 0.176. The molecule has 0 bridgehead atoms. The van der Waals surface area contributed by atoms with Crippen molar-refractivity contribution in [3.63, 3.8) is 0 Å². The maximum Gasteiger partial charge on any atom is 0.241 e. The molecule has 6 heteroatoms. The van der Waals surface area contributed by atoms with Crippen molar-refractivity contribution in [3.05, 3.63) is 29.6 Å². The fourth-order valence-electron chi connectivity index (χ4n) is 2.66. The average molecular weight is 301 g/mol. The Balaban J connectivity index is 2.20. The van der Waals surface area contributed by atoms with E-state index in [0.29, 0.717) is 6.54 Å². The first-order valence-electron chi connectivity index (χ1n) is 6.75. The highest BCUT2D eigenvalue weighted by Gasteiger charge is 2.30. The van der Waals surface area contributed by atoms with Gasteiger partial charge in [0, 0.05) is 6.54 Å². The van der Waals surface area contributed by atoms with Gasteiger partial charge in [0.25, 0.3) is 0 Å². The number of sulfonamides is 1. The van der Waals surface area contributed by atoms with E-state index in [1.165, 1.54) is 6.07 Å². The lowest BCUT2D eigenvalue weighted by Crippen LogP contribution is -2.34. The third-order valence-electron chi connectivity index (χ3n) is 3.99. The molecule has 0 aromatic heterocycles. The van der Waals surface area contributed by atoms with Gasteiger partial charge in [-0.05, 0) is 36.0 Å². The number of hydrogen-bond donors (Lipinski definition) is 2. The van der Waals surface area contributed by atoms with Gasteiger partial charge in [-0.2, -0.15) is 0 Å². The zero-order chi connectivity index (χ0) is 14.8. The van der Waals surface area contributed by atoms with Crippen molar-refractivity contribution in [1.29, 1.82) is 0 Å². The quantitative estimate of drug-likeness (QED) is 0.876. The van der Waals surface area contributed by atoms with Crippen LogP contribution in [0.25, 0.3) is 0 Å². The van der Waals surface area contributed by atoms with Crippen molar-refractivity contribution in [2.45, 2.75) is 44.1 Å². The van der Waals surface area contributed by atoms with E-state index in [1.54, 1.807) is 0 Å². The fraction of sp³-hybridized carbons (Fsp3) is 0.571. The molecule has 2 rings (SSSR count). The molecule has 0 unspecified atom stereocenters. The van der Waals surface area contributed by atoms with E-state index < -0.39 is 22.4 Å². The Kier molecular flexibility index (Phi) is 4.46. The topological polar surface area (TPSA) is 66.4 Å². The van der Waals surface area contributed by atoms with E-state index in [2.05, 4.69) is 11.6 Å². The highest BCUT2D eigenvalue weighted by Crippen LogP contribution is 2.37. The first-order valence-corrected chi connectivity index (χ1v) is 8.24. The lowest BCUT2D eigenvalue weighted by Gasteiger charge is -2.24. The molecule has 1 aliphatic carbocycles. The Morgan fingerprint density at radius 2 is 2.00 bits per heavy atom. The highest BCUT2D eigenvalue weighted by atomic mass is 32.2. The van der Waals surface area contributed by atoms with Crippen LogP contribution in [0.3, 0.4) is 0 Å². The summed E-state index contributed by atoms with van der Waals surface area (Å²) in [5.74, 6) is -0.630. The molecular formula is C14H20FNO3S. The van der Waals surface area contributed by atoms with E-state index in [0.717, 1.165) is 37.8 Å². The largest absolute Gasteiger partial charge is 0.392 e. The van der Waals surface area contributed by atoms with E-state index >= 15 is 0 Å². The minimum atomic E-state index is -3.80. The van der Waals surface area contributed by atoms with Gasteiger partial charge >= 0.3 is 0 Å². The van der Waals surface area contributed by atoms with Crippen LogP contribution in [0.1, 0.15) is 38.2 Å². The molecule has 0 spiro atoms. The molecule has 1 aromatic rings. The average Bonchev–Trinajstić information content (AvgIpc) is 2.84. The molecule has 0 atom stereocenters. The molecule has 0 aliphatic heterocycles. The molecule has 1 aromatic carbocycles. The number of halogens is 1. The lowest BCUT2D eigenvalue weighted by molar-refractivity contribution is 0.278. The molecule has 0 saturated heterocycles. The molecule has 4 nitrogen and oxygen atoms in total. The molecule has 0 amide bonds. The minimum Gasteiger partial charge on any atom is -0.392 e. The smallest absolute Gasteiger partial charge is 0.241 e. The van der Waals surface area contributed by atoms with Crippen LogP contribution in [0.15, 0.2) is 23.1 Å². The van der Waals surface area contributed by atoms with Gasteiger partial charge in [0.05, 0.1) is 11.5 Å². The van der Waals surface area contributed by atoms with Crippen molar-refractivity contribution < 1.29 is 17.9 Å². The normalized spacial score (nSPS) is 18.4. The second-order valence-electron chi connectivity index (χ2n) is 5.75. The molecule has 1 saturated carbocycles. The minimum absolute atomic E-state index is 0.0280. The van der Waals surface area contributed by atoms with Crippen molar-refractivity contribution in [2.75, 3.05) is 6.54 Å². The summed E-state index contributed by atoms with van der Waals surface area (Å²) >= 11 is 0. The summed E-state index contributed by atoms with van der Waals surface area (Å²) in [7, 11) is -3.80. The number of nitrogens with one attached hydrogen (secondary N) is 1. The second-order valence-corrected chi connectivity index (χ2v) is 7.49. The molecule has 20 heavy (non-hydrogen) atoms. The van der Waals surface area contributed by atoms with Crippen molar-refractivity contribution >= 4 is 10.0 Å².